The van der Waals surface area contributed by atoms with Crippen molar-refractivity contribution >= 4 is 5.97 Å². The lowest BCUT2D eigenvalue weighted by molar-refractivity contribution is -0.164. The summed E-state index contributed by atoms with van der Waals surface area (Å²) in [6.45, 7) is 2.23. The van der Waals surface area contributed by atoms with Gasteiger partial charge >= 0.3 is 5.97 Å². The second-order valence-electron chi connectivity index (χ2n) is 5.86. The summed E-state index contributed by atoms with van der Waals surface area (Å²) in [4.78, 5) is 11.4. The smallest absolute Gasteiger partial charge is 0.338 e. The van der Waals surface area contributed by atoms with Crippen LogP contribution in [0.3, 0.4) is 0 Å². The van der Waals surface area contributed by atoms with Crippen molar-refractivity contribution in [3.8, 4) is 0 Å². The first-order valence-electron chi connectivity index (χ1n) is 7.42. The molecule has 19 heavy (non-hydrogen) atoms. The lowest BCUT2D eigenvalue weighted by atomic mass is 9.55. The summed E-state index contributed by atoms with van der Waals surface area (Å²) in [6.07, 6.45) is 7.60. The molecule has 0 aliphatic heterocycles. The van der Waals surface area contributed by atoms with E-state index in [1.807, 2.05) is 14.0 Å². The molecule has 0 bridgehead atoms. The van der Waals surface area contributed by atoms with E-state index in [1.165, 1.54) is 37.3 Å². The van der Waals surface area contributed by atoms with Crippen molar-refractivity contribution in [3.05, 3.63) is 17.4 Å². The second kappa shape index (κ2) is 4.81. The molecule has 0 N–H and O–H groups in total. The standard InChI is InChI=1S/C16H22O3/c1-3-19-15(17)10-8-11-7-9-14-12-5-4-6-13(12)16(11,14)18-2/h10,12-14H,3-7,9H2,1-2H3/t8?,12-,13+,14+,16+/m1/s1. The Hall–Kier alpha value is -1.05. The zero-order valence-corrected chi connectivity index (χ0v) is 11.8. The van der Waals surface area contributed by atoms with Crippen molar-refractivity contribution in [2.75, 3.05) is 13.7 Å². The van der Waals surface area contributed by atoms with E-state index in [-0.39, 0.29) is 11.6 Å². The quantitative estimate of drug-likeness (QED) is 0.446. The predicted octanol–water partition coefficient (Wildman–Crippen LogP) is 2.86. The van der Waals surface area contributed by atoms with Crippen LogP contribution >= 0.6 is 0 Å². The van der Waals surface area contributed by atoms with Crippen LogP contribution in [0.15, 0.2) is 17.4 Å². The van der Waals surface area contributed by atoms with E-state index in [1.54, 1.807) is 0 Å². The maximum absolute atomic E-state index is 11.4. The number of fused-ring (bicyclic) bond motifs is 4. The average molecular weight is 262 g/mol. The van der Waals surface area contributed by atoms with Gasteiger partial charge in [0.2, 0.25) is 0 Å². The molecule has 0 saturated heterocycles. The first-order chi connectivity index (χ1) is 9.24. The van der Waals surface area contributed by atoms with Crippen molar-refractivity contribution in [1.82, 2.24) is 0 Å². The Morgan fingerprint density at radius 1 is 1.42 bits per heavy atom. The van der Waals surface area contributed by atoms with E-state index < -0.39 is 0 Å². The van der Waals surface area contributed by atoms with Crippen LogP contribution in [0.1, 0.15) is 39.0 Å². The van der Waals surface area contributed by atoms with Crippen molar-refractivity contribution in [2.45, 2.75) is 44.6 Å². The van der Waals surface area contributed by atoms with Crippen molar-refractivity contribution in [1.29, 1.82) is 0 Å². The van der Waals surface area contributed by atoms with Crippen LogP contribution in [0.4, 0.5) is 0 Å². The van der Waals surface area contributed by atoms with Gasteiger partial charge in [-0.25, -0.2) is 4.79 Å². The number of hydrogen-bond acceptors (Lipinski definition) is 3. The molecule has 3 nitrogen and oxygen atoms in total. The number of esters is 1. The van der Waals surface area contributed by atoms with Gasteiger partial charge in [0.05, 0.1) is 12.7 Å². The Kier molecular flexibility index (Phi) is 3.28. The first kappa shape index (κ1) is 13.0. The monoisotopic (exact) mass is 262 g/mol. The van der Waals surface area contributed by atoms with E-state index in [0.717, 1.165) is 12.3 Å². The molecule has 0 spiro atoms. The molecule has 3 fully saturated rings. The highest BCUT2D eigenvalue weighted by molar-refractivity contribution is 5.81. The molecule has 3 saturated carbocycles. The minimum absolute atomic E-state index is 0.107. The molecule has 104 valence electrons. The third-order valence-corrected chi connectivity index (χ3v) is 5.35. The summed E-state index contributed by atoms with van der Waals surface area (Å²) in [5.74, 6) is 1.86. The van der Waals surface area contributed by atoms with E-state index in [2.05, 4.69) is 5.73 Å². The van der Waals surface area contributed by atoms with E-state index in [0.29, 0.717) is 18.4 Å². The van der Waals surface area contributed by atoms with Gasteiger partial charge in [-0.3, -0.25) is 0 Å². The molecule has 0 heterocycles. The number of carbonyl (C=O) groups is 1. The Morgan fingerprint density at radius 3 is 2.95 bits per heavy atom. The molecular formula is C16H22O3. The Bertz CT molecular complexity index is 439. The largest absolute Gasteiger partial charge is 0.462 e. The Morgan fingerprint density at radius 2 is 2.21 bits per heavy atom. The highest BCUT2D eigenvalue weighted by Gasteiger charge is 2.67. The minimum atomic E-state index is -0.299. The van der Waals surface area contributed by atoms with Gasteiger partial charge in [-0.2, -0.15) is 0 Å². The summed E-state index contributed by atoms with van der Waals surface area (Å²) < 4.78 is 10.9. The van der Waals surface area contributed by atoms with Gasteiger partial charge in [0, 0.05) is 12.7 Å². The molecule has 0 aromatic heterocycles. The average Bonchev–Trinajstić information content (AvgIpc) is 2.93. The lowest BCUT2D eigenvalue weighted by Crippen LogP contribution is -2.59. The van der Waals surface area contributed by atoms with E-state index in [4.69, 9.17) is 9.47 Å². The van der Waals surface area contributed by atoms with Gasteiger partial charge in [-0.15, -0.1) is 5.73 Å². The number of carbonyl (C=O) groups excluding carboxylic acids is 1. The number of hydrogen-bond donors (Lipinski definition) is 0. The van der Waals surface area contributed by atoms with Gasteiger partial charge in [0.1, 0.15) is 5.60 Å². The fourth-order valence-corrected chi connectivity index (χ4v) is 4.79. The molecule has 3 heteroatoms. The zero-order chi connectivity index (χ0) is 13.5. The van der Waals surface area contributed by atoms with Crippen molar-refractivity contribution in [3.63, 3.8) is 0 Å². The Labute approximate surface area is 114 Å². The molecule has 3 aliphatic rings. The normalized spacial score (nSPS) is 39.1. The number of ether oxygens (including phenoxy) is 2. The van der Waals surface area contributed by atoms with E-state index in [9.17, 15) is 4.79 Å². The van der Waals surface area contributed by atoms with Crippen molar-refractivity contribution < 1.29 is 14.3 Å². The molecule has 4 atom stereocenters. The maximum atomic E-state index is 11.4. The fraction of sp³-hybridized carbons (Fsp3) is 0.750. The third kappa shape index (κ3) is 1.72. The van der Waals surface area contributed by atoms with Crippen LogP contribution in [-0.4, -0.2) is 25.3 Å². The van der Waals surface area contributed by atoms with Crippen LogP contribution in [0.5, 0.6) is 0 Å². The molecule has 0 amide bonds. The highest BCUT2D eigenvalue weighted by Crippen LogP contribution is 2.67. The highest BCUT2D eigenvalue weighted by atomic mass is 16.5. The van der Waals surface area contributed by atoms with Gasteiger partial charge in [0.25, 0.3) is 0 Å². The van der Waals surface area contributed by atoms with Gasteiger partial charge in [0.15, 0.2) is 0 Å². The molecule has 3 aliphatic carbocycles. The topological polar surface area (TPSA) is 35.5 Å². The molecular weight excluding hydrogens is 240 g/mol. The second-order valence-corrected chi connectivity index (χ2v) is 5.86. The summed E-state index contributed by atoms with van der Waals surface area (Å²) in [7, 11) is 1.82. The van der Waals surface area contributed by atoms with Crippen LogP contribution in [0, 0.1) is 17.8 Å². The lowest BCUT2D eigenvalue weighted by Gasteiger charge is -2.55. The summed E-state index contributed by atoms with van der Waals surface area (Å²) in [5.41, 5.74) is 4.28. The molecule has 0 unspecified atom stereocenters. The first-order valence-corrected chi connectivity index (χ1v) is 7.42. The number of methoxy groups -OCH3 is 1. The third-order valence-electron chi connectivity index (χ3n) is 5.35. The Balaban J connectivity index is 1.87. The molecule has 0 aromatic rings. The van der Waals surface area contributed by atoms with Crippen LogP contribution in [-0.2, 0) is 14.3 Å². The summed E-state index contributed by atoms with van der Waals surface area (Å²) in [6, 6.07) is 0. The number of rotatable bonds is 3. The van der Waals surface area contributed by atoms with E-state index >= 15 is 0 Å². The van der Waals surface area contributed by atoms with Gasteiger partial charge in [-0.05, 0) is 50.4 Å². The zero-order valence-electron chi connectivity index (χ0n) is 11.8. The SMILES string of the molecule is CCOC(=O)C=C=C1CC[C@H]2[C@@H]3CCC[C@@H]3[C@@]12OC. The molecule has 3 rings (SSSR count). The minimum Gasteiger partial charge on any atom is -0.462 e. The summed E-state index contributed by atoms with van der Waals surface area (Å²) >= 11 is 0. The van der Waals surface area contributed by atoms with Crippen LogP contribution < -0.4 is 0 Å². The summed E-state index contributed by atoms with van der Waals surface area (Å²) in [5, 5.41) is 0. The molecule has 0 aromatic carbocycles. The van der Waals surface area contributed by atoms with Crippen LogP contribution in [0.25, 0.3) is 0 Å². The maximum Gasteiger partial charge on any atom is 0.338 e. The molecule has 0 radical (unpaired) electrons. The van der Waals surface area contributed by atoms with Crippen molar-refractivity contribution in [2.24, 2.45) is 17.8 Å². The van der Waals surface area contributed by atoms with Gasteiger partial charge in [-0.1, -0.05) is 6.42 Å². The fourth-order valence-electron chi connectivity index (χ4n) is 4.79. The van der Waals surface area contributed by atoms with Gasteiger partial charge < -0.3 is 9.47 Å². The predicted molar refractivity (Wildman–Crippen MR) is 71.5 cm³/mol. The van der Waals surface area contributed by atoms with Crippen LogP contribution in [0.2, 0.25) is 0 Å².